The van der Waals surface area contributed by atoms with Crippen molar-refractivity contribution in [3.05, 3.63) is 34.9 Å². The molecule has 1 aromatic carbocycles. The summed E-state index contributed by atoms with van der Waals surface area (Å²) in [7, 11) is 0. The van der Waals surface area contributed by atoms with Crippen LogP contribution in [0.4, 0.5) is 0 Å². The lowest BCUT2D eigenvalue weighted by atomic mass is 9.86. The summed E-state index contributed by atoms with van der Waals surface area (Å²) in [6, 6.07) is 7.25. The third-order valence-corrected chi connectivity index (χ3v) is 6.28. The first-order valence-electron chi connectivity index (χ1n) is 8.10. The molecule has 1 aromatic rings. The third-order valence-electron chi connectivity index (χ3n) is 5.00. The lowest BCUT2D eigenvalue weighted by Gasteiger charge is -2.25. The van der Waals surface area contributed by atoms with E-state index in [0.717, 1.165) is 5.92 Å². The maximum Gasteiger partial charge on any atom is 0.0423 e. The van der Waals surface area contributed by atoms with Gasteiger partial charge < -0.3 is 0 Å². The molecule has 104 valence electrons. The van der Waals surface area contributed by atoms with Gasteiger partial charge in [-0.05, 0) is 54.7 Å². The Morgan fingerprint density at radius 2 is 1.53 bits per heavy atom. The SMILES string of the molecule is BrC(c1ccc2c(c1)CCC2)C1CCCCCCC1. The molecule has 1 fully saturated rings. The van der Waals surface area contributed by atoms with Crippen molar-refractivity contribution in [3.63, 3.8) is 0 Å². The van der Waals surface area contributed by atoms with E-state index in [2.05, 4.69) is 34.1 Å². The molecule has 0 saturated heterocycles. The molecule has 19 heavy (non-hydrogen) atoms. The third kappa shape index (κ3) is 3.24. The fourth-order valence-electron chi connectivity index (χ4n) is 3.82. The molecule has 0 aromatic heterocycles. The number of aryl methyl sites for hydroxylation is 2. The number of fused-ring (bicyclic) bond motifs is 1. The Balaban J connectivity index is 1.72. The predicted molar refractivity (Wildman–Crippen MR) is 85.9 cm³/mol. The molecule has 0 bridgehead atoms. The van der Waals surface area contributed by atoms with Gasteiger partial charge in [0.15, 0.2) is 0 Å². The molecule has 0 spiro atoms. The van der Waals surface area contributed by atoms with Gasteiger partial charge in [-0.2, -0.15) is 0 Å². The van der Waals surface area contributed by atoms with E-state index in [4.69, 9.17) is 0 Å². The standard InChI is InChI=1S/C18H25Br/c19-18(15-7-4-2-1-3-5-8-15)17-12-11-14-9-6-10-16(14)13-17/h11-13,15,18H,1-10H2. The first kappa shape index (κ1) is 13.7. The Hall–Kier alpha value is -0.300. The molecule has 2 aliphatic rings. The molecule has 2 aliphatic carbocycles. The minimum absolute atomic E-state index is 0.580. The average molecular weight is 321 g/mol. The van der Waals surface area contributed by atoms with Crippen LogP contribution in [0.25, 0.3) is 0 Å². The van der Waals surface area contributed by atoms with Crippen molar-refractivity contribution in [1.82, 2.24) is 0 Å². The lowest BCUT2D eigenvalue weighted by molar-refractivity contribution is 0.374. The van der Waals surface area contributed by atoms with E-state index in [-0.39, 0.29) is 0 Å². The van der Waals surface area contributed by atoms with Gasteiger partial charge in [-0.3, -0.25) is 0 Å². The number of alkyl halides is 1. The summed E-state index contributed by atoms with van der Waals surface area (Å²) in [6.07, 6.45) is 14.0. The van der Waals surface area contributed by atoms with Crippen molar-refractivity contribution in [2.45, 2.75) is 69.0 Å². The van der Waals surface area contributed by atoms with Crippen LogP contribution in [0, 0.1) is 5.92 Å². The minimum Gasteiger partial charge on any atom is -0.0836 e. The first-order valence-corrected chi connectivity index (χ1v) is 9.02. The quantitative estimate of drug-likeness (QED) is 0.589. The molecule has 0 aliphatic heterocycles. The molecule has 0 radical (unpaired) electrons. The largest absolute Gasteiger partial charge is 0.0836 e. The summed E-state index contributed by atoms with van der Waals surface area (Å²) in [5.74, 6) is 0.847. The number of hydrogen-bond acceptors (Lipinski definition) is 0. The molecule has 1 unspecified atom stereocenters. The Kier molecular flexibility index (Phi) is 4.63. The van der Waals surface area contributed by atoms with E-state index in [1.165, 1.54) is 69.8 Å². The van der Waals surface area contributed by atoms with Crippen LogP contribution in [0.1, 0.15) is 72.9 Å². The molecule has 0 N–H and O–H groups in total. The highest BCUT2D eigenvalue weighted by atomic mass is 79.9. The molecule has 0 heterocycles. The lowest BCUT2D eigenvalue weighted by Crippen LogP contribution is -2.10. The van der Waals surface area contributed by atoms with Crippen LogP contribution in [0.15, 0.2) is 18.2 Å². The normalized spacial score (nSPS) is 22.6. The number of benzene rings is 1. The van der Waals surface area contributed by atoms with Crippen molar-refractivity contribution in [1.29, 1.82) is 0 Å². The smallest absolute Gasteiger partial charge is 0.0423 e. The highest BCUT2D eigenvalue weighted by Gasteiger charge is 2.22. The zero-order valence-corrected chi connectivity index (χ0v) is 13.4. The summed E-state index contributed by atoms with van der Waals surface area (Å²) in [5, 5.41) is 0. The van der Waals surface area contributed by atoms with Gasteiger partial charge in [-0.15, -0.1) is 0 Å². The fourth-order valence-corrected chi connectivity index (χ4v) is 4.63. The highest BCUT2D eigenvalue weighted by Crippen LogP contribution is 2.40. The maximum absolute atomic E-state index is 4.02. The molecule has 1 saturated carbocycles. The molecule has 0 nitrogen and oxygen atoms in total. The van der Waals surface area contributed by atoms with Crippen LogP contribution in [0.5, 0.6) is 0 Å². The van der Waals surface area contributed by atoms with E-state index in [9.17, 15) is 0 Å². The molecular formula is C18H25Br. The van der Waals surface area contributed by atoms with Crippen molar-refractivity contribution < 1.29 is 0 Å². The van der Waals surface area contributed by atoms with Crippen LogP contribution < -0.4 is 0 Å². The maximum atomic E-state index is 4.02. The first-order chi connectivity index (χ1) is 9.34. The number of halogens is 1. The van der Waals surface area contributed by atoms with Gasteiger partial charge in [0.05, 0.1) is 0 Å². The second-order valence-electron chi connectivity index (χ2n) is 6.39. The monoisotopic (exact) mass is 320 g/mol. The van der Waals surface area contributed by atoms with Crippen molar-refractivity contribution >= 4 is 15.9 Å². The molecule has 1 atom stereocenters. The summed E-state index contributed by atoms with van der Waals surface area (Å²) in [4.78, 5) is 0.580. The number of hydrogen-bond donors (Lipinski definition) is 0. The highest BCUT2D eigenvalue weighted by molar-refractivity contribution is 9.09. The Bertz CT molecular complexity index is 416. The topological polar surface area (TPSA) is 0 Å². The van der Waals surface area contributed by atoms with Gasteiger partial charge in [0.25, 0.3) is 0 Å². The summed E-state index contributed by atoms with van der Waals surface area (Å²) in [6.45, 7) is 0. The second kappa shape index (κ2) is 6.43. The zero-order valence-electron chi connectivity index (χ0n) is 11.8. The summed E-state index contributed by atoms with van der Waals surface area (Å²) in [5.41, 5.74) is 4.75. The predicted octanol–water partition coefficient (Wildman–Crippen LogP) is 5.97. The van der Waals surface area contributed by atoms with E-state index in [1.54, 1.807) is 11.1 Å². The van der Waals surface area contributed by atoms with Gasteiger partial charge in [0.1, 0.15) is 0 Å². The Morgan fingerprint density at radius 1 is 0.842 bits per heavy atom. The van der Waals surface area contributed by atoms with Gasteiger partial charge >= 0.3 is 0 Å². The zero-order chi connectivity index (χ0) is 13.1. The van der Waals surface area contributed by atoms with Crippen LogP contribution >= 0.6 is 15.9 Å². The average Bonchev–Trinajstić information content (AvgIpc) is 2.84. The van der Waals surface area contributed by atoms with Crippen molar-refractivity contribution in [2.75, 3.05) is 0 Å². The summed E-state index contributed by atoms with van der Waals surface area (Å²) >= 11 is 4.02. The minimum atomic E-state index is 0.580. The van der Waals surface area contributed by atoms with Crippen LogP contribution in [-0.4, -0.2) is 0 Å². The Labute approximate surface area is 126 Å². The van der Waals surface area contributed by atoms with Gasteiger partial charge in [0.2, 0.25) is 0 Å². The Morgan fingerprint density at radius 3 is 2.32 bits per heavy atom. The van der Waals surface area contributed by atoms with Crippen LogP contribution in [0.3, 0.4) is 0 Å². The molecule has 1 heteroatoms. The van der Waals surface area contributed by atoms with Gasteiger partial charge in [0, 0.05) is 4.83 Å². The van der Waals surface area contributed by atoms with E-state index in [1.807, 2.05) is 0 Å². The van der Waals surface area contributed by atoms with Gasteiger partial charge in [-0.25, -0.2) is 0 Å². The van der Waals surface area contributed by atoms with Crippen molar-refractivity contribution in [3.8, 4) is 0 Å². The fraction of sp³-hybridized carbons (Fsp3) is 0.667. The number of rotatable bonds is 2. The second-order valence-corrected chi connectivity index (χ2v) is 7.38. The van der Waals surface area contributed by atoms with Crippen LogP contribution in [0.2, 0.25) is 0 Å². The molecular weight excluding hydrogens is 296 g/mol. The van der Waals surface area contributed by atoms with Crippen molar-refractivity contribution in [2.24, 2.45) is 5.92 Å². The van der Waals surface area contributed by atoms with E-state index in [0.29, 0.717) is 4.83 Å². The van der Waals surface area contributed by atoms with Gasteiger partial charge in [-0.1, -0.05) is 66.2 Å². The van der Waals surface area contributed by atoms with E-state index < -0.39 is 0 Å². The summed E-state index contributed by atoms with van der Waals surface area (Å²) < 4.78 is 0. The van der Waals surface area contributed by atoms with Crippen LogP contribution in [-0.2, 0) is 12.8 Å². The molecule has 0 amide bonds. The van der Waals surface area contributed by atoms with E-state index >= 15 is 0 Å². The molecule has 3 rings (SSSR count).